The van der Waals surface area contributed by atoms with E-state index in [0.717, 1.165) is 23.3 Å². The highest BCUT2D eigenvalue weighted by molar-refractivity contribution is 7.91. The molecule has 3 rings (SSSR count). The summed E-state index contributed by atoms with van der Waals surface area (Å²) in [6.07, 6.45) is 0.798. The second-order valence-corrected chi connectivity index (χ2v) is 8.44. The molecule has 0 saturated carbocycles. The molecule has 0 bridgehead atoms. The number of nitrogens with zero attached hydrogens (tertiary/aromatic N) is 1. The molecule has 1 atom stereocenters. The maximum atomic E-state index is 12.6. The Hall–Kier alpha value is -1.70. The molecule has 0 fully saturated rings. The van der Waals surface area contributed by atoms with Crippen molar-refractivity contribution in [2.45, 2.75) is 30.1 Å². The van der Waals surface area contributed by atoms with E-state index in [4.69, 9.17) is 0 Å². The molecule has 122 valence electrons. The first-order valence-electron chi connectivity index (χ1n) is 7.39. The van der Waals surface area contributed by atoms with Gasteiger partial charge in [0.15, 0.2) is 0 Å². The zero-order valence-corrected chi connectivity index (χ0v) is 14.4. The fraction of sp³-hybridized carbons (Fsp3) is 0.312. The standard InChI is InChI=1S/C16H18N2O3S2/c1-12(17-23(20,21)15-7-4-10-22-15)16(19)18-9-8-13-5-2-3-6-14(13)11-18/h2-7,10,12,17H,8-9,11H2,1H3/t12-/m1/s1. The first-order valence-corrected chi connectivity index (χ1v) is 9.75. The Morgan fingerprint density at radius 2 is 1.96 bits per heavy atom. The number of amides is 1. The van der Waals surface area contributed by atoms with Crippen molar-refractivity contribution in [2.24, 2.45) is 0 Å². The summed E-state index contributed by atoms with van der Waals surface area (Å²) in [5.74, 6) is -0.195. The van der Waals surface area contributed by atoms with Crippen LogP contribution in [0, 0.1) is 0 Å². The van der Waals surface area contributed by atoms with Crippen LogP contribution in [-0.2, 0) is 27.8 Å². The maximum absolute atomic E-state index is 12.6. The van der Waals surface area contributed by atoms with Gasteiger partial charge in [-0.25, -0.2) is 8.42 Å². The van der Waals surface area contributed by atoms with Gasteiger partial charge in [-0.1, -0.05) is 30.3 Å². The molecule has 23 heavy (non-hydrogen) atoms. The van der Waals surface area contributed by atoms with Gasteiger partial charge in [0, 0.05) is 13.1 Å². The van der Waals surface area contributed by atoms with Crippen LogP contribution in [0.5, 0.6) is 0 Å². The Morgan fingerprint density at radius 3 is 2.65 bits per heavy atom. The number of rotatable bonds is 4. The van der Waals surface area contributed by atoms with Gasteiger partial charge in [-0.15, -0.1) is 11.3 Å². The van der Waals surface area contributed by atoms with Crippen molar-refractivity contribution in [1.82, 2.24) is 9.62 Å². The molecule has 5 nitrogen and oxygen atoms in total. The second-order valence-electron chi connectivity index (χ2n) is 5.55. The lowest BCUT2D eigenvalue weighted by atomic mass is 9.99. The molecule has 2 aromatic rings. The molecule has 0 radical (unpaired) electrons. The predicted octanol–water partition coefficient (Wildman–Crippen LogP) is 2.00. The molecule has 0 unspecified atom stereocenters. The van der Waals surface area contributed by atoms with Gasteiger partial charge in [-0.2, -0.15) is 4.72 Å². The van der Waals surface area contributed by atoms with E-state index in [1.807, 2.05) is 18.2 Å². The SMILES string of the molecule is C[C@@H](NS(=O)(=O)c1cccs1)C(=O)N1CCc2ccccc2C1. The van der Waals surface area contributed by atoms with Gasteiger partial charge in [0.1, 0.15) is 4.21 Å². The molecule has 0 saturated heterocycles. The minimum atomic E-state index is -3.64. The Labute approximate surface area is 140 Å². The fourth-order valence-electron chi connectivity index (χ4n) is 2.72. The number of hydrogen-bond donors (Lipinski definition) is 1. The van der Waals surface area contributed by atoms with E-state index in [9.17, 15) is 13.2 Å². The Bertz CT molecular complexity index is 800. The number of hydrogen-bond acceptors (Lipinski definition) is 4. The predicted molar refractivity (Wildman–Crippen MR) is 89.7 cm³/mol. The van der Waals surface area contributed by atoms with Crippen molar-refractivity contribution in [3.05, 3.63) is 52.9 Å². The number of nitrogens with one attached hydrogen (secondary N) is 1. The minimum Gasteiger partial charge on any atom is -0.337 e. The Balaban J connectivity index is 1.69. The van der Waals surface area contributed by atoms with Crippen LogP contribution >= 0.6 is 11.3 Å². The second kappa shape index (κ2) is 6.43. The lowest BCUT2D eigenvalue weighted by Gasteiger charge is -2.31. The summed E-state index contributed by atoms with van der Waals surface area (Å²) in [6, 6.07) is 10.4. The van der Waals surface area contributed by atoms with Crippen LogP contribution in [0.3, 0.4) is 0 Å². The number of fused-ring (bicyclic) bond motifs is 1. The molecule has 1 aliphatic heterocycles. The summed E-state index contributed by atoms with van der Waals surface area (Å²) in [5.41, 5.74) is 2.38. The van der Waals surface area contributed by atoms with Crippen LogP contribution in [-0.4, -0.2) is 31.8 Å². The van der Waals surface area contributed by atoms with E-state index in [2.05, 4.69) is 10.8 Å². The average Bonchev–Trinajstić information content (AvgIpc) is 3.08. The van der Waals surface area contributed by atoms with Crippen LogP contribution in [0.15, 0.2) is 46.0 Å². The van der Waals surface area contributed by atoms with E-state index in [1.54, 1.807) is 23.3 Å². The van der Waals surface area contributed by atoms with E-state index >= 15 is 0 Å². The number of carbonyl (C=O) groups is 1. The maximum Gasteiger partial charge on any atom is 0.250 e. The fourth-order valence-corrected chi connectivity index (χ4v) is 4.92. The zero-order valence-electron chi connectivity index (χ0n) is 12.7. The Kier molecular flexibility index (Phi) is 4.52. The van der Waals surface area contributed by atoms with Gasteiger partial charge in [0.2, 0.25) is 5.91 Å². The highest BCUT2D eigenvalue weighted by atomic mass is 32.2. The van der Waals surface area contributed by atoms with Crippen molar-refractivity contribution in [3.8, 4) is 0 Å². The quantitative estimate of drug-likeness (QED) is 0.917. The van der Waals surface area contributed by atoms with Crippen LogP contribution in [0.25, 0.3) is 0 Å². The highest BCUT2D eigenvalue weighted by Gasteiger charge is 2.28. The molecule has 1 N–H and O–H groups in total. The smallest absolute Gasteiger partial charge is 0.250 e. The van der Waals surface area contributed by atoms with E-state index < -0.39 is 16.1 Å². The first kappa shape index (κ1) is 16.2. The van der Waals surface area contributed by atoms with Gasteiger partial charge in [-0.05, 0) is 35.9 Å². The van der Waals surface area contributed by atoms with Crippen molar-refractivity contribution in [2.75, 3.05) is 6.54 Å². The van der Waals surface area contributed by atoms with Gasteiger partial charge in [0.05, 0.1) is 6.04 Å². The van der Waals surface area contributed by atoms with Gasteiger partial charge in [0.25, 0.3) is 10.0 Å². The zero-order chi connectivity index (χ0) is 16.4. The number of sulfonamides is 1. The molecular weight excluding hydrogens is 332 g/mol. The summed E-state index contributed by atoms with van der Waals surface area (Å²) in [6.45, 7) is 2.73. The van der Waals surface area contributed by atoms with Crippen molar-refractivity contribution >= 4 is 27.3 Å². The van der Waals surface area contributed by atoms with Crippen molar-refractivity contribution < 1.29 is 13.2 Å². The summed E-state index contributed by atoms with van der Waals surface area (Å²) in [7, 11) is -3.64. The van der Waals surface area contributed by atoms with Crippen molar-refractivity contribution in [1.29, 1.82) is 0 Å². The third kappa shape index (κ3) is 3.46. The lowest BCUT2D eigenvalue weighted by molar-refractivity contribution is -0.133. The molecular formula is C16H18N2O3S2. The van der Waals surface area contributed by atoms with E-state index in [0.29, 0.717) is 13.1 Å². The third-order valence-electron chi connectivity index (χ3n) is 3.90. The monoisotopic (exact) mass is 350 g/mol. The molecule has 1 aromatic heterocycles. The first-order chi connectivity index (χ1) is 11.0. The highest BCUT2D eigenvalue weighted by Crippen LogP contribution is 2.20. The van der Waals surface area contributed by atoms with Gasteiger partial charge >= 0.3 is 0 Å². The molecule has 1 aliphatic rings. The molecule has 7 heteroatoms. The van der Waals surface area contributed by atoms with Crippen LogP contribution < -0.4 is 4.72 Å². The lowest BCUT2D eigenvalue weighted by Crippen LogP contribution is -2.48. The number of benzene rings is 1. The average molecular weight is 350 g/mol. The molecule has 1 aromatic carbocycles. The van der Waals surface area contributed by atoms with Crippen LogP contribution in [0.4, 0.5) is 0 Å². The number of carbonyl (C=O) groups excluding carboxylic acids is 1. The summed E-state index contributed by atoms with van der Waals surface area (Å²) in [4.78, 5) is 14.3. The number of thiophene rings is 1. The van der Waals surface area contributed by atoms with Gasteiger partial charge in [-0.3, -0.25) is 4.79 Å². The van der Waals surface area contributed by atoms with Crippen LogP contribution in [0.1, 0.15) is 18.1 Å². The molecule has 0 spiro atoms. The van der Waals surface area contributed by atoms with E-state index in [-0.39, 0.29) is 10.1 Å². The van der Waals surface area contributed by atoms with E-state index in [1.165, 1.54) is 11.6 Å². The topological polar surface area (TPSA) is 66.5 Å². The largest absolute Gasteiger partial charge is 0.337 e. The normalized spacial score (nSPS) is 16.0. The Morgan fingerprint density at radius 1 is 1.22 bits per heavy atom. The third-order valence-corrected chi connectivity index (χ3v) is 6.84. The minimum absolute atomic E-state index is 0.195. The summed E-state index contributed by atoms with van der Waals surface area (Å²) in [5, 5.41) is 1.70. The van der Waals surface area contributed by atoms with Gasteiger partial charge < -0.3 is 4.90 Å². The molecule has 0 aliphatic carbocycles. The van der Waals surface area contributed by atoms with Crippen LogP contribution in [0.2, 0.25) is 0 Å². The summed E-state index contributed by atoms with van der Waals surface area (Å²) >= 11 is 1.13. The molecule has 1 amide bonds. The van der Waals surface area contributed by atoms with Crippen molar-refractivity contribution in [3.63, 3.8) is 0 Å². The molecule has 2 heterocycles. The summed E-state index contributed by atoms with van der Waals surface area (Å²) < 4.78 is 27.1.